The second-order valence-electron chi connectivity index (χ2n) is 3.19. The van der Waals surface area contributed by atoms with Gasteiger partial charge in [0.25, 0.3) is 0 Å². The summed E-state index contributed by atoms with van der Waals surface area (Å²) in [5, 5.41) is 8.86. The third-order valence-corrected chi connectivity index (χ3v) is 1.55. The number of hydrogen-bond donors (Lipinski definition) is 1. The summed E-state index contributed by atoms with van der Waals surface area (Å²) < 4.78 is 4.93. The van der Waals surface area contributed by atoms with Crippen LogP contribution in [0.2, 0.25) is 0 Å². The van der Waals surface area contributed by atoms with Crippen molar-refractivity contribution in [3.05, 3.63) is 0 Å². The van der Waals surface area contributed by atoms with Crippen molar-refractivity contribution in [2.45, 2.75) is 39.7 Å². The standard InChI is InChI=1S/C9H19NO3/c1-4-5-6-10(7-11)9(12)13-8(2)3/h8,11H,4-7H2,1-3H3. The highest BCUT2D eigenvalue weighted by Crippen LogP contribution is 1.99. The minimum atomic E-state index is -0.439. The van der Waals surface area contributed by atoms with Gasteiger partial charge in [-0.15, -0.1) is 0 Å². The van der Waals surface area contributed by atoms with Crippen LogP contribution in [0, 0.1) is 0 Å². The first-order valence-corrected chi connectivity index (χ1v) is 4.68. The number of nitrogens with zero attached hydrogens (tertiary/aromatic N) is 1. The number of hydrogen-bond acceptors (Lipinski definition) is 3. The summed E-state index contributed by atoms with van der Waals surface area (Å²) in [5.41, 5.74) is 0. The van der Waals surface area contributed by atoms with Gasteiger partial charge >= 0.3 is 6.09 Å². The van der Waals surface area contributed by atoms with Crippen molar-refractivity contribution in [3.8, 4) is 0 Å². The van der Waals surface area contributed by atoms with E-state index in [-0.39, 0.29) is 12.8 Å². The zero-order valence-electron chi connectivity index (χ0n) is 8.62. The quantitative estimate of drug-likeness (QED) is 0.668. The van der Waals surface area contributed by atoms with Gasteiger partial charge in [0.1, 0.15) is 6.73 Å². The molecule has 0 saturated heterocycles. The maximum Gasteiger partial charge on any atom is 0.411 e. The third-order valence-electron chi connectivity index (χ3n) is 1.55. The molecule has 0 aliphatic heterocycles. The van der Waals surface area contributed by atoms with Crippen molar-refractivity contribution in [2.24, 2.45) is 0 Å². The fourth-order valence-corrected chi connectivity index (χ4v) is 0.845. The predicted molar refractivity (Wildman–Crippen MR) is 50.3 cm³/mol. The zero-order chi connectivity index (χ0) is 10.3. The molecular weight excluding hydrogens is 170 g/mol. The van der Waals surface area contributed by atoms with Crippen LogP contribution in [-0.4, -0.2) is 35.5 Å². The normalized spacial score (nSPS) is 10.2. The van der Waals surface area contributed by atoms with Crippen molar-refractivity contribution < 1.29 is 14.6 Å². The summed E-state index contributed by atoms with van der Waals surface area (Å²) in [6.07, 6.45) is 1.30. The van der Waals surface area contributed by atoms with E-state index in [0.717, 1.165) is 12.8 Å². The molecule has 0 aromatic carbocycles. The Balaban J connectivity index is 3.84. The Morgan fingerprint density at radius 1 is 1.54 bits per heavy atom. The Labute approximate surface area is 79.5 Å². The molecule has 1 N–H and O–H groups in total. The summed E-state index contributed by atoms with van der Waals surface area (Å²) in [6.45, 7) is 5.88. The minimum absolute atomic E-state index is 0.136. The lowest BCUT2D eigenvalue weighted by Gasteiger charge is -2.20. The second kappa shape index (κ2) is 6.71. The minimum Gasteiger partial charge on any atom is -0.447 e. The van der Waals surface area contributed by atoms with Crippen molar-refractivity contribution in [2.75, 3.05) is 13.3 Å². The molecule has 0 spiro atoms. The van der Waals surface area contributed by atoms with Crippen molar-refractivity contribution in [1.29, 1.82) is 0 Å². The van der Waals surface area contributed by atoms with E-state index in [4.69, 9.17) is 9.84 Å². The van der Waals surface area contributed by atoms with E-state index in [2.05, 4.69) is 0 Å². The maximum atomic E-state index is 11.2. The average Bonchev–Trinajstić information content (AvgIpc) is 2.04. The molecule has 0 fully saturated rings. The molecule has 1 amide bonds. The Morgan fingerprint density at radius 2 is 2.15 bits per heavy atom. The monoisotopic (exact) mass is 189 g/mol. The molecule has 0 heterocycles. The number of unbranched alkanes of at least 4 members (excludes halogenated alkanes) is 1. The van der Waals surface area contributed by atoms with Crippen LogP contribution in [0.3, 0.4) is 0 Å². The SMILES string of the molecule is CCCCN(CO)C(=O)OC(C)C. The van der Waals surface area contributed by atoms with Crippen LogP contribution in [0.5, 0.6) is 0 Å². The highest BCUT2D eigenvalue weighted by atomic mass is 16.6. The van der Waals surface area contributed by atoms with Gasteiger partial charge in [-0.3, -0.25) is 4.90 Å². The van der Waals surface area contributed by atoms with E-state index in [1.165, 1.54) is 4.90 Å². The molecule has 78 valence electrons. The molecule has 0 aromatic rings. The maximum absolute atomic E-state index is 11.2. The van der Waals surface area contributed by atoms with E-state index < -0.39 is 6.09 Å². The Morgan fingerprint density at radius 3 is 2.54 bits per heavy atom. The van der Waals surface area contributed by atoms with Crippen molar-refractivity contribution in [3.63, 3.8) is 0 Å². The molecule has 0 bridgehead atoms. The van der Waals surface area contributed by atoms with Crippen LogP contribution in [0.4, 0.5) is 4.79 Å². The predicted octanol–water partition coefficient (Wildman–Crippen LogP) is 1.58. The van der Waals surface area contributed by atoms with Gasteiger partial charge in [0, 0.05) is 6.54 Å². The van der Waals surface area contributed by atoms with Crippen molar-refractivity contribution in [1.82, 2.24) is 4.90 Å². The number of rotatable bonds is 5. The van der Waals surface area contributed by atoms with Crippen LogP contribution in [0.1, 0.15) is 33.6 Å². The Kier molecular flexibility index (Phi) is 6.32. The van der Waals surface area contributed by atoms with E-state index >= 15 is 0 Å². The Bertz CT molecular complexity index is 148. The van der Waals surface area contributed by atoms with Gasteiger partial charge in [0.2, 0.25) is 0 Å². The summed E-state index contributed by atoms with van der Waals surface area (Å²) in [6, 6.07) is 0. The molecule has 0 atom stereocenters. The number of amides is 1. The first-order valence-electron chi connectivity index (χ1n) is 4.68. The topological polar surface area (TPSA) is 49.8 Å². The fraction of sp³-hybridized carbons (Fsp3) is 0.889. The van der Waals surface area contributed by atoms with Crippen LogP contribution < -0.4 is 0 Å². The first-order chi connectivity index (χ1) is 6.11. The molecular formula is C9H19NO3. The summed E-state index contributed by atoms with van der Waals surface area (Å²) in [5.74, 6) is 0. The van der Waals surface area contributed by atoms with Crippen LogP contribution in [-0.2, 0) is 4.74 Å². The van der Waals surface area contributed by atoms with Gasteiger partial charge in [0.05, 0.1) is 6.10 Å². The number of aliphatic hydroxyl groups is 1. The van der Waals surface area contributed by atoms with Gasteiger partial charge in [-0.25, -0.2) is 4.79 Å². The zero-order valence-corrected chi connectivity index (χ0v) is 8.62. The summed E-state index contributed by atoms with van der Waals surface area (Å²) >= 11 is 0. The van der Waals surface area contributed by atoms with Crippen molar-refractivity contribution >= 4 is 6.09 Å². The van der Waals surface area contributed by atoms with Gasteiger partial charge in [-0.1, -0.05) is 13.3 Å². The van der Waals surface area contributed by atoms with Gasteiger partial charge < -0.3 is 9.84 Å². The number of carbonyl (C=O) groups is 1. The van der Waals surface area contributed by atoms with E-state index in [0.29, 0.717) is 6.54 Å². The molecule has 0 saturated carbocycles. The van der Waals surface area contributed by atoms with E-state index in [1.807, 2.05) is 6.92 Å². The number of carbonyl (C=O) groups excluding carboxylic acids is 1. The highest BCUT2D eigenvalue weighted by Gasteiger charge is 2.13. The molecule has 0 radical (unpaired) electrons. The molecule has 13 heavy (non-hydrogen) atoms. The van der Waals surface area contributed by atoms with Gasteiger partial charge in [-0.2, -0.15) is 0 Å². The lowest BCUT2D eigenvalue weighted by molar-refractivity contribution is 0.0444. The molecule has 4 nitrogen and oxygen atoms in total. The second-order valence-corrected chi connectivity index (χ2v) is 3.19. The molecule has 4 heteroatoms. The molecule has 0 aliphatic carbocycles. The first kappa shape index (κ1) is 12.2. The van der Waals surface area contributed by atoms with E-state index in [9.17, 15) is 4.79 Å². The molecule has 0 unspecified atom stereocenters. The smallest absolute Gasteiger partial charge is 0.411 e. The fourth-order valence-electron chi connectivity index (χ4n) is 0.845. The molecule has 0 aromatic heterocycles. The molecule has 0 aliphatic rings. The molecule has 0 rings (SSSR count). The summed E-state index contributed by atoms with van der Waals surface area (Å²) in [7, 11) is 0. The Hall–Kier alpha value is -0.770. The third kappa shape index (κ3) is 5.47. The van der Waals surface area contributed by atoms with E-state index in [1.54, 1.807) is 13.8 Å². The van der Waals surface area contributed by atoms with Gasteiger partial charge in [-0.05, 0) is 20.3 Å². The highest BCUT2D eigenvalue weighted by molar-refractivity contribution is 5.67. The van der Waals surface area contributed by atoms with Crippen LogP contribution in [0.15, 0.2) is 0 Å². The largest absolute Gasteiger partial charge is 0.447 e. The van der Waals surface area contributed by atoms with Gasteiger partial charge in [0.15, 0.2) is 0 Å². The van der Waals surface area contributed by atoms with Crippen LogP contribution >= 0.6 is 0 Å². The number of ether oxygens (including phenoxy) is 1. The number of aliphatic hydroxyl groups excluding tert-OH is 1. The lowest BCUT2D eigenvalue weighted by Crippen LogP contribution is -2.34. The van der Waals surface area contributed by atoms with Crippen LogP contribution in [0.25, 0.3) is 0 Å². The average molecular weight is 189 g/mol. The lowest BCUT2D eigenvalue weighted by atomic mass is 10.3. The summed E-state index contributed by atoms with van der Waals surface area (Å²) in [4.78, 5) is 12.5.